The summed E-state index contributed by atoms with van der Waals surface area (Å²) in [6.45, 7) is 4.02. The number of aromatic carboxylic acids is 1. The van der Waals surface area contributed by atoms with Gasteiger partial charge < -0.3 is 5.11 Å². The van der Waals surface area contributed by atoms with Crippen LogP contribution in [0.3, 0.4) is 0 Å². The maximum absolute atomic E-state index is 11.1. The molecule has 1 N–H and O–H groups in total. The number of fused-ring (bicyclic) bond motifs is 1. The summed E-state index contributed by atoms with van der Waals surface area (Å²) in [4.78, 5) is 15.5. The Morgan fingerprint density at radius 3 is 2.81 bits per heavy atom. The predicted molar refractivity (Wildman–Crippen MR) is 62.8 cm³/mol. The normalized spacial score (nSPS) is 10.6. The third-order valence-corrected chi connectivity index (χ3v) is 2.71. The number of hydrogen-bond acceptors (Lipinski definition) is 2. The number of aryl methyl sites for hydroxylation is 2. The standard InChI is InChI=1S/C13H13NO2/c1-3-11-8(2)7-9-5-4-6-10(13(15)16)12(9)14-11/h4-7H,3H2,1-2H3,(H,15,16). The van der Waals surface area contributed by atoms with Gasteiger partial charge in [-0.05, 0) is 31.0 Å². The molecule has 0 saturated heterocycles. The summed E-state index contributed by atoms with van der Waals surface area (Å²) >= 11 is 0. The Balaban J connectivity index is 2.81. The van der Waals surface area contributed by atoms with Gasteiger partial charge in [0.25, 0.3) is 0 Å². The number of para-hydroxylation sites is 1. The zero-order chi connectivity index (χ0) is 11.7. The fourth-order valence-electron chi connectivity index (χ4n) is 1.87. The number of hydrogen-bond donors (Lipinski definition) is 1. The molecule has 0 fully saturated rings. The van der Waals surface area contributed by atoms with Crippen molar-refractivity contribution in [2.75, 3.05) is 0 Å². The van der Waals surface area contributed by atoms with Crippen molar-refractivity contribution in [2.24, 2.45) is 0 Å². The Labute approximate surface area is 93.7 Å². The molecular formula is C13H13NO2. The molecule has 0 atom stereocenters. The van der Waals surface area contributed by atoms with Gasteiger partial charge in [0.1, 0.15) is 0 Å². The number of carboxylic acids is 1. The number of carboxylic acid groups (broad SMARTS) is 1. The van der Waals surface area contributed by atoms with Crippen molar-refractivity contribution in [3.63, 3.8) is 0 Å². The van der Waals surface area contributed by atoms with Crippen LogP contribution in [-0.4, -0.2) is 16.1 Å². The first-order chi connectivity index (χ1) is 7.63. The van der Waals surface area contributed by atoms with Gasteiger partial charge in [-0.1, -0.05) is 19.1 Å². The minimum atomic E-state index is -0.927. The number of rotatable bonds is 2. The molecule has 0 unspecified atom stereocenters. The van der Waals surface area contributed by atoms with E-state index in [9.17, 15) is 4.79 Å². The second kappa shape index (κ2) is 3.93. The van der Waals surface area contributed by atoms with E-state index in [0.29, 0.717) is 5.52 Å². The molecule has 1 heterocycles. The second-order valence-electron chi connectivity index (χ2n) is 3.79. The highest BCUT2D eigenvalue weighted by atomic mass is 16.4. The Kier molecular flexibility index (Phi) is 2.60. The molecule has 0 bridgehead atoms. The highest BCUT2D eigenvalue weighted by molar-refractivity contribution is 6.01. The third-order valence-electron chi connectivity index (χ3n) is 2.71. The first kappa shape index (κ1) is 10.6. The zero-order valence-electron chi connectivity index (χ0n) is 9.32. The minimum Gasteiger partial charge on any atom is -0.478 e. The lowest BCUT2D eigenvalue weighted by molar-refractivity contribution is 0.0699. The van der Waals surface area contributed by atoms with Gasteiger partial charge in [-0.25, -0.2) is 4.79 Å². The topological polar surface area (TPSA) is 50.2 Å². The maximum Gasteiger partial charge on any atom is 0.337 e. The SMILES string of the molecule is CCc1nc2c(C(=O)O)cccc2cc1C. The van der Waals surface area contributed by atoms with E-state index in [-0.39, 0.29) is 5.56 Å². The van der Waals surface area contributed by atoms with E-state index in [1.807, 2.05) is 26.0 Å². The van der Waals surface area contributed by atoms with Crippen LogP contribution in [0.5, 0.6) is 0 Å². The largest absolute Gasteiger partial charge is 0.478 e. The van der Waals surface area contributed by atoms with Crippen molar-refractivity contribution in [1.29, 1.82) is 0 Å². The number of nitrogens with zero attached hydrogens (tertiary/aromatic N) is 1. The predicted octanol–water partition coefficient (Wildman–Crippen LogP) is 2.80. The van der Waals surface area contributed by atoms with Gasteiger partial charge >= 0.3 is 5.97 Å². The number of carbonyl (C=O) groups is 1. The summed E-state index contributed by atoms with van der Waals surface area (Å²) in [5.41, 5.74) is 2.92. The van der Waals surface area contributed by atoms with Gasteiger partial charge in [0.15, 0.2) is 0 Å². The number of pyridine rings is 1. The van der Waals surface area contributed by atoms with Gasteiger partial charge in [-0.15, -0.1) is 0 Å². The van der Waals surface area contributed by atoms with E-state index >= 15 is 0 Å². The quantitative estimate of drug-likeness (QED) is 0.838. The van der Waals surface area contributed by atoms with Gasteiger partial charge in [0.2, 0.25) is 0 Å². The first-order valence-electron chi connectivity index (χ1n) is 5.26. The summed E-state index contributed by atoms with van der Waals surface area (Å²) in [6, 6.07) is 7.22. The van der Waals surface area contributed by atoms with E-state index in [2.05, 4.69) is 4.98 Å². The number of benzene rings is 1. The van der Waals surface area contributed by atoms with Gasteiger partial charge in [0, 0.05) is 11.1 Å². The third kappa shape index (κ3) is 1.65. The molecule has 2 rings (SSSR count). The Morgan fingerprint density at radius 2 is 2.19 bits per heavy atom. The highest BCUT2D eigenvalue weighted by Crippen LogP contribution is 2.20. The van der Waals surface area contributed by atoms with E-state index in [1.54, 1.807) is 12.1 Å². The maximum atomic E-state index is 11.1. The molecule has 0 radical (unpaired) electrons. The fraction of sp³-hybridized carbons (Fsp3) is 0.231. The summed E-state index contributed by atoms with van der Waals surface area (Å²) in [5, 5.41) is 9.96. The van der Waals surface area contributed by atoms with E-state index in [1.165, 1.54) is 0 Å². The van der Waals surface area contributed by atoms with Crippen LogP contribution >= 0.6 is 0 Å². The van der Waals surface area contributed by atoms with E-state index < -0.39 is 5.97 Å². The summed E-state index contributed by atoms with van der Waals surface area (Å²) < 4.78 is 0. The summed E-state index contributed by atoms with van der Waals surface area (Å²) in [5.74, 6) is -0.927. The molecule has 0 aliphatic rings. The molecule has 2 aromatic rings. The first-order valence-corrected chi connectivity index (χ1v) is 5.26. The Bertz CT molecular complexity index is 561. The molecule has 82 valence electrons. The molecule has 16 heavy (non-hydrogen) atoms. The van der Waals surface area contributed by atoms with Crippen molar-refractivity contribution in [2.45, 2.75) is 20.3 Å². The monoisotopic (exact) mass is 215 g/mol. The molecule has 0 spiro atoms. The average Bonchev–Trinajstić information content (AvgIpc) is 2.26. The number of aromatic nitrogens is 1. The van der Waals surface area contributed by atoms with E-state index in [0.717, 1.165) is 23.1 Å². The van der Waals surface area contributed by atoms with Crippen molar-refractivity contribution in [1.82, 2.24) is 4.98 Å². The van der Waals surface area contributed by atoms with Crippen molar-refractivity contribution < 1.29 is 9.90 Å². The molecule has 0 aliphatic heterocycles. The molecule has 1 aromatic carbocycles. The van der Waals surface area contributed by atoms with Gasteiger partial charge in [0.05, 0.1) is 11.1 Å². The molecule has 3 nitrogen and oxygen atoms in total. The van der Waals surface area contributed by atoms with Gasteiger partial charge in [-0.3, -0.25) is 4.98 Å². The van der Waals surface area contributed by atoms with Crippen LogP contribution in [0.4, 0.5) is 0 Å². The van der Waals surface area contributed by atoms with E-state index in [4.69, 9.17) is 5.11 Å². The van der Waals surface area contributed by atoms with Crippen molar-refractivity contribution in [3.8, 4) is 0 Å². The Morgan fingerprint density at radius 1 is 1.44 bits per heavy atom. The fourth-order valence-corrected chi connectivity index (χ4v) is 1.87. The average molecular weight is 215 g/mol. The van der Waals surface area contributed by atoms with Crippen LogP contribution in [0, 0.1) is 6.92 Å². The van der Waals surface area contributed by atoms with Crippen molar-refractivity contribution in [3.05, 3.63) is 41.1 Å². The van der Waals surface area contributed by atoms with Crippen LogP contribution in [-0.2, 0) is 6.42 Å². The van der Waals surface area contributed by atoms with Crippen LogP contribution in [0.25, 0.3) is 10.9 Å². The molecule has 1 aromatic heterocycles. The molecule has 0 amide bonds. The zero-order valence-corrected chi connectivity index (χ0v) is 9.32. The lowest BCUT2D eigenvalue weighted by atomic mass is 10.1. The Hall–Kier alpha value is -1.90. The van der Waals surface area contributed by atoms with Crippen LogP contribution in [0.2, 0.25) is 0 Å². The lowest BCUT2D eigenvalue weighted by Gasteiger charge is -2.07. The smallest absolute Gasteiger partial charge is 0.337 e. The van der Waals surface area contributed by atoms with Crippen LogP contribution in [0.15, 0.2) is 24.3 Å². The molecule has 0 saturated carbocycles. The van der Waals surface area contributed by atoms with Crippen molar-refractivity contribution >= 4 is 16.9 Å². The highest BCUT2D eigenvalue weighted by Gasteiger charge is 2.10. The molecular weight excluding hydrogens is 202 g/mol. The van der Waals surface area contributed by atoms with Gasteiger partial charge in [-0.2, -0.15) is 0 Å². The van der Waals surface area contributed by atoms with Crippen LogP contribution < -0.4 is 0 Å². The van der Waals surface area contributed by atoms with Crippen LogP contribution in [0.1, 0.15) is 28.5 Å². The second-order valence-corrected chi connectivity index (χ2v) is 3.79. The minimum absolute atomic E-state index is 0.271. The summed E-state index contributed by atoms with van der Waals surface area (Å²) in [7, 11) is 0. The molecule has 3 heteroatoms. The summed E-state index contributed by atoms with van der Waals surface area (Å²) in [6.07, 6.45) is 0.815. The lowest BCUT2D eigenvalue weighted by Crippen LogP contribution is -2.01. The molecule has 0 aliphatic carbocycles.